The van der Waals surface area contributed by atoms with Crippen LogP contribution in [0.25, 0.3) is 0 Å². The molecule has 0 aliphatic carbocycles. The molecule has 0 saturated carbocycles. The van der Waals surface area contributed by atoms with Gasteiger partial charge < -0.3 is 10.1 Å². The van der Waals surface area contributed by atoms with E-state index in [1.165, 1.54) is 0 Å². The average Bonchev–Trinajstić information content (AvgIpc) is 2.46. The number of benzene rings is 2. The van der Waals surface area contributed by atoms with Crippen molar-refractivity contribution in [2.45, 2.75) is 26.3 Å². The molecule has 1 unspecified atom stereocenters. The molecular formula is C18H20ClNO2. The molecule has 0 saturated heterocycles. The number of ether oxygens (including phenoxy) is 1. The zero-order valence-corrected chi connectivity index (χ0v) is 13.6. The molecule has 1 amide bonds. The number of carbonyl (C=O) groups is 1. The van der Waals surface area contributed by atoms with E-state index < -0.39 is 0 Å². The van der Waals surface area contributed by atoms with E-state index in [1.807, 2.05) is 50.2 Å². The molecule has 0 aromatic heterocycles. The number of nitrogens with one attached hydrogen (secondary N) is 1. The molecule has 2 aromatic carbocycles. The summed E-state index contributed by atoms with van der Waals surface area (Å²) in [4.78, 5) is 12.0. The van der Waals surface area contributed by atoms with Crippen LogP contribution in [0.1, 0.15) is 18.1 Å². The molecule has 0 aliphatic rings. The van der Waals surface area contributed by atoms with E-state index >= 15 is 0 Å². The fourth-order valence-electron chi connectivity index (χ4n) is 2.13. The molecule has 2 aromatic rings. The van der Waals surface area contributed by atoms with Gasteiger partial charge in [-0.1, -0.05) is 41.9 Å². The minimum Gasteiger partial charge on any atom is -0.491 e. The van der Waals surface area contributed by atoms with Crippen LogP contribution in [0, 0.1) is 6.92 Å². The Kier molecular flexibility index (Phi) is 5.84. The topological polar surface area (TPSA) is 38.3 Å². The first kappa shape index (κ1) is 16.4. The van der Waals surface area contributed by atoms with E-state index in [9.17, 15) is 4.79 Å². The van der Waals surface area contributed by atoms with E-state index in [4.69, 9.17) is 16.3 Å². The highest BCUT2D eigenvalue weighted by atomic mass is 35.5. The van der Waals surface area contributed by atoms with Gasteiger partial charge in [-0.3, -0.25) is 4.79 Å². The first-order valence-electron chi connectivity index (χ1n) is 7.27. The maximum absolute atomic E-state index is 12.0. The molecule has 3 nitrogen and oxygen atoms in total. The molecule has 0 aliphatic heterocycles. The van der Waals surface area contributed by atoms with Crippen LogP contribution in [-0.4, -0.2) is 18.6 Å². The Bertz CT molecular complexity index is 642. The number of hydrogen-bond acceptors (Lipinski definition) is 2. The van der Waals surface area contributed by atoms with Crippen LogP contribution in [0.4, 0.5) is 0 Å². The molecule has 116 valence electrons. The van der Waals surface area contributed by atoms with E-state index in [2.05, 4.69) is 5.32 Å². The Morgan fingerprint density at radius 1 is 1.23 bits per heavy atom. The Morgan fingerprint density at radius 2 is 2.00 bits per heavy atom. The molecular weight excluding hydrogens is 298 g/mol. The molecule has 0 bridgehead atoms. The summed E-state index contributed by atoms with van der Waals surface area (Å²) in [5.74, 6) is 0.807. The maximum Gasteiger partial charge on any atom is 0.224 e. The van der Waals surface area contributed by atoms with Gasteiger partial charge >= 0.3 is 0 Å². The molecule has 2 rings (SSSR count). The van der Waals surface area contributed by atoms with E-state index in [0.717, 1.165) is 16.9 Å². The van der Waals surface area contributed by atoms with Gasteiger partial charge in [-0.05, 0) is 43.2 Å². The fourth-order valence-corrected chi connectivity index (χ4v) is 2.35. The van der Waals surface area contributed by atoms with Crippen LogP contribution in [0.15, 0.2) is 48.5 Å². The first-order valence-corrected chi connectivity index (χ1v) is 7.64. The number of rotatable bonds is 6. The van der Waals surface area contributed by atoms with E-state index in [0.29, 0.717) is 18.1 Å². The molecule has 1 atom stereocenters. The molecule has 22 heavy (non-hydrogen) atoms. The van der Waals surface area contributed by atoms with Crippen LogP contribution < -0.4 is 10.1 Å². The molecule has 4 heteroatoms. The molecule has 0 fully saturated rings. The number of para-hydroxylation sites is 1. The fraction of sp³-hybridized carbons (Fsp3) is 0.278. The van der Waals surface area contributed by atoms with Crippen LogP contribution in [0.5, 0.6) is 5.75 Å². The summed E-state index contributed by atoms with van der Waals surface area (Å²) >= 11 is 5.91. The highest BCUT2D eigenvalue weighted by molar-refractivity contribution is 6.30. The maximum atomic E-state index is 12.0. The Balaban J connectivity index is 1.80. The second-order valence-electron chi connectivity index (χ2n) is 5.35. The normalized spacial score (nSPS) is 11.8. The van der Waals surface area contributed by atoms with E-state index in [-0.39, 0.29) is 11.9 Å². The monoisotopic (exact) mass is 317 g/mol. The lowest BCUT2D eigenvalue weighted by Crippen LogP contribution is -2.37. The largest absolute Gasteiger partial charge is 0.491 e. The number of amides is 1. The van der Waals surface area contributed by atoms with E-state index in [1.54, 1.807) is 12.1 Å². The predicted molar refractivity (Wildman–Crippen MR) is 89.4 cm³/mol. The SMILES string of the molecule is Cc1ccccc1OCC(C)NC(=O)Cc1cccc(Cl)c1. The molecule has 0 heterocycles. The molecule has 0 spiro atoms. The van der Waals surface area contributed by atoms with Crippen LogP contribution in [0.2, 0.25) is 5.02 Å². The Labute approximate surface area is 136 Å². The van der Waals surface area contributed by atoms with Gasteiger partial charge in [0.25, 0.3) is 0 Å². The Morgan fingerprint density at radius 3 is 2.73 bits per heavy atom. The quantitative estimate of drug-likeness (QED) is 0.880. The summed E-state index contributed by atoms with van der Waals surface area (Å²) in [6.07, 6.45) is 0.315. The minimum absolute atomic E-state index is 0.0387. The van der Waals surface area contributed by atoms with Crippen molar-refractivity contribution in [3.63, 3.8) is 0 Å². The summed E-state index contributed by atoms with van der Waals surface area (Å²) in [6, 6.07) is 15.1. The van der Waals surface area contributed by atoms with Gasteiger partial charge in [0.15, 0.2) is 0 Å². The van der Waals surface area contributed by atoms with Crippen molar-refractivity contribution >= 4 is 17.5 Å². The van der Waals surface area contributed by atoms with Crippen LogP contribution in [0.3, 0.4) is 0 Å². The third kappa shape index (κ3) is 5.08. The smallest absolute Gasteiger partial charge is 0.224 e. The zero-order valence-electron chi connectivity index (χ0n) is 12.8. The van der Waals surface area contributed by atoms with Gasteiger partial charge in [0.2, 0.25) is 5.91 Å². The van der Waals surface area contributed by atoms with Crippen molar-refractivity contribution in [1.82, 2.24) is 5.32 Å². The van der Waals surface area contributed by atoms with Gasteiger partial charge in [0.05, 0.1) is 12.5 Å². The summed E-state index contributed by atoms with van der Waals surface area (Å²) in [7, 11) is 0. The lowest BCUT2D eigenvalue weighted by molar-refractivity contribution is -0.121. The van der Waals surface area contributed by atoms with Crippen molar-refractivity contribution in [3.05, 3.63) is 64.7 Å². The molecule has 1 N–H and O–H groups in total. The number of hydrogen-bond donors (Lipinski definition) is 1. The number of halogens is 1. The van der Waals surface area contributed by atoms with Crippen molar-refractivity contribution in [3.8, 4) is 5.75 Å². The lowest BCUT2D eigenvalue weighted by atomic mass is 10.1. The number of carbonyl (C=O) groups excluding carboxylic acids is 1. The highest BCUT2D eigenvalue weighted by Gasteiger charge is 2.09. The van der Waals surface area contributed by atoms with Crippen molar-refractivity contribution < 1.29 is 9.53 Å². The molecule has 0 radical (unpaired) electrons. The van der Waals surface area contributed by atoms with Gasteiger partial charge in [-0.15, -0.1) is 0 Å². The summed E-state index contributed by atoms with van der Waals surface area (Å²) < 4.78 is 5.73. The summed E-state index contributed by atoms with van der Waals surface area (Å²) in [5.41, 5.74) is 1.98. The Hall–Kier alpha value is -2.00. The van der Waals surface area contributed by atoms with Gasteiger partial charge in [0, 0.05) is 5.02 Å². The zero-order chi connectivity index (χ0) is 15.9. The second-order valence-corrected chi connectivity index (χ2v) is 5.79. The van der Waals surface area contributed by atoms with Crippen LogP contribution >= 0.6 is 11.6 Å². The number of aryl methyl sites for hydroxylation is 1. The summed E-state index contributed by atoms with van der Waals surface area (Å²) in [6.45, 7) is 4.36. The van der Waals surface area contributed by atoms with Gasteiger partial charge in [-0.25, -0.2) is 0 Å². The predicted octanol–water partition coefficient (Wildman–Crippen LogP) is 3.77. The minimum atomic E-state index is -0.0636. The van der Waals surface area contributed by atoms with Crippen LogP contribution in [-0.2, 0) is 11.2 Å². The average molecular weight is 318 g/mol. The third-order valence-electron chi connectivity index (χ3n) is 3.24. The van der Waals surface area contributed by atoms with Gasteiger partial charge in [-0.2, -0.15) is 0 Å². The third-order valence-corrected chi connectivity index (χ3v) is 3.48. The van der Waals surface area contributed by atoms with Crippen molar-refractivity contribution in [1.29, 1.82) is 0 Å². The lowest BCUT2D eigenvalue weighted by Gasteiger charge is -2.16. The first-order chi connectivity index (χ1) is 10.5. The van der Waals surface area contributed by atoms with Crippen molar-refractivity contribution in [2.24, 2.45) is 0 Å². The van der Waals surface area contributed by atoms with Crippen molar-refractivity contribution in [2.75, 3.05) is 6.61 Å². The summed E-state index contributed by atoms with van der Waals surface area (Å²) in [5, 5.41) is 3.57. The van der Waals surface area contributed by atoms with Gasteiger partial charge in [0.1, 0.15) is 12.4 Å². The highest BCUT2D eigenvalue weighted by Crippen LogP contribution is 2.16. The standard InChI is InChI=1S/C18H20ClNO2/c1-13-6-3-4-9-17(13)22-12-14(2)20-18(21)11-15-7-5-8-16(19)10-15/h3-10,14H,11-12H2,1-2H3,(H,20,21). The second kappa shape index (κ2) is 7.85.